The number of halogens is 1. The normalized spacial score (nSPS) is 10.8. The van der Waals surface area contributed by atoms with Crippen LogP contribution in [0.3, 0.4) is 0 Å². The maximum atomic E-state index is 14.0. The van der Waals surface area contributed by atoms with E-state index in [9.17, 15) is 9.18 Å². The fourth-order valence-corrected chi connectivity index (χ4v) is 3.48. The second-order valence-corrected chi connectivity index (χ2v) is 7.75. The van der Waals surface area contributed by atoms with Gasteiger partial charge in [0.05, 0.1) is 18.3 Å². The largest absolute Gasteiger partial charge is 0.488 e. The van der Waals surface area contributed by atoms with Gasteiger partial charge >= 0.3 is 0 Å². The molecule has 164 valence electrons. The van der Waals surface area contributed by atoms with Crippen molar-refractivity contribution in [1.29, 1.82) is 0 Å². The molecule has 2 heterocycles. The Morgan fingerprint density at radius 2 is 1.97 bits per heavy atom. The summed E-state index contributed by atoms with van der Waals surface area (Å²) in [6.45, 7) is 4.99. The highest BCUT2D eigenvalue weighted by Gasteiger charge is 2.18. The molecule has 4 rings (SSSR count). The topological polar surface area (TPSA) is 56.4 Å². The van der Waals surface area contributed by atoms with E-state index in [1.165, 1.54) is 6.07 Å². The first-order chi connectivity index (χ1) is 15.5. The molecule has 0 aliphatic carbocycles. The first-order valence-electron chi connectivity index (χ1n) is 10.5. The number of nitrogens with one attached hydrogen (secondary N) is 1. The molecule has 0 aliphatic rings. The molecule has 6 heteroatoms. The van der Waals surface area contributed by atoms with E-state index in [1.54, 1.807) is 30.5 Å². The molecule has 2 aromatic heterocycles. The van der Waals surface area contributed by atoms with Crippen molar-refractivity contribution in [3.05, 3.63) is 101 Å². The van der Waals surface area contributed by atoms with Crippen LogP contribution in [-0.2, 0) is 19.7 Å². The van der Waals surface area contributed by atoms with Crippen LogP contribution in [-0.4, -0.2) is 10.5 Å². The predicted molar refractivity (Wildman–Crippen MR) is 122 cm³/mol. The minimum atomic E-state index is -0.307. The summed E-state index contributed by atoms with van der Waals surface area (Å²) in [5.74, 6) is 0.764. The molecule has 5 nitrogen and oxygen atoms in total. The van der Waals surface area contributed by atoms with Crippen LogP contribution in [0.15, 0.2) is 83.0 Å². The van der Waals surface area contributed by atoms with Crippen LogP contribution in [0.2, 0.25) is 0 Å². The Kier molecular flexibility index (Phi) is 6.40. The van der Waals surface area contributed by atoms with Crippen molar-refractivity contribution in [3.63, 3.8) is 0 Å². The van der Waals surface area contributed by atoms with E-state index in [1.807, 2.05) is 48.7 Å². The van der Waals surface area contributed by atoms with Crippen LogP contribution < -0.4 is 10.1 Å². The van der Waals surface area contributed by atoms with Crippen LogP contribution >= 0.6 is 0 Å². The number of nitrogens with zero attached hydrogens (tertiary/aromatic N) is 1. The molecule has 4 aromatic rings. The number of allylic oxidation sites excluding steroid dienone is 2. The van der Waals surface area contributed by atoms with Crippen LogP contribution in [0.25, 0.3) is 10.9 Å². The summed E-state index contributed by atoms with van der Waals surface area (Å²) in [6.07, 6.45) is 3.64. The number of carbonyl (C=O) groups is 1. The second kappa shape index (κ2) is 9.56. The second-order valence-electron chi connectivity index (χ2n) is 7.75. The lowest BCUT2D eigenvalue weighted by Gasteiger charge is -2.10. The minimum absolute atomic E-state index is 0.102. The standard InChI is InChI=1S/C26H25FN2O3/c1-18(2)12-13-29-23-10-5-11-25(32-17-19-7-3-4-9-22(19)27)21(23)15-24(29)26(30)28-16-20-8-6-14-31-20/h3-12,14-15H,13,16-17H2,1-2H3,(H,28,30). The number of carbonyl (C=O) groups excluding carboxylic acids is 1. The van der Waals surface area contributed by atoms with Crippen LogP contribution in [0.1, 0.15) is 35.7 Å². The first-order valence-corrected chi connectivity index (χ1v) is 10.5. The van der Waals surface area contributed by atoms with Gasteiger partial charge in [-0.3, -0.25) is 4.79 Å². The van der Waals surface area contributed by atoms with Gasteiger partial charge in [-0.2, -0.15) is 0 Å². The zero-order valence-corrected chi connectivity index (χ0v) is 18.1. The zero-order valence-electron chi connectivity index (χ0n) is 18.1. The lowest BCUT2D eigenvalue weighted by Crippen LogP contribution is -2.25. The van der Waals surface area contributed by atoms with Gasteiger partial charge in [0.2, 0.25) is 0 Å². The monoisotopic (exact) mass is 432 g/mol. The smallest absolute Gasteiger partial charge is 0.268 e. The number of ether oxygens (including phenoxy) is 1. The maximum absolute atomic E-state index is 14.0. The summed E-state index contributed by atoms with van der Waals surface area (Å²) in [5.41, 5.74) is 3.02. The Bertz CT molecular complexity index is 1250. The van der Waals surface area contributed by atoms with E-state index in [4.69, 9.17) is 9.15 Å². The Balaban J connectivity index is 1.66. The van der Waals surface area contributed by atoms with Gasteiger partial charge in [0.1, 0.15) is 29.6 Å². The quantitative estimate of drug-likeness (QED) is 0.356. The third-order valence-electron chi connectivity index (χ3n) is 5.16. The van der Waals surface area contributed by atoms with Crippen LogP contribution in [0.4, 0.5) is 4.39 Å². The van der Waals surface area contributed by atoms with Crippen molar-refractivity contribution in [2.45, 2.75) is 33.5 Å². The Hall–Kier alpha value is -3.80. The van der Waals surface area contributed by atoms with Gasteiger partial charge in [0.15, 0.2) is 0 Å². The van der Waals surface area contributed by atoms with E-state index in [2.05, 4.69) is 11.4 Å². The van der Waals surface area contributed by atoms with Crippen molar-refractivity contribution in [3.8, 4) is 5.75 Å². The summed E-state index contributed by atoms with van der Waals surface area (Å²) < 4.78 is 27.2. The number of rotatable bonds is 8. The van der Waals surface area contributed by atoms with Gasteiger partial charge in [0, 0.05) is 17.5 Å². The lowest BCUT2D eigenvalue weighted by molar-refractivity contribution is 0.0939. The average Bonchev–Trinajstić information content (AvgIpc) is 3.43. The lowest BCUT2D eigenvalue weighted by atomic mass is 10.2. The summed E-state index contributed by atoms with van der Waals surface area (Å²) in [4.78, 5) is 13.0. The molecular weight excluding hydrogens is 407 g/mol. The molecule has 0 atom stereocenters. The molecule has 1 N–H and O–H groups in total. The fourth-order valence-electron chi connectivity index (χ4n) is 3.48. The molecule has 0 fully saturated rings. The number of amides is 1. The molecule has 0 radical (unpaired) electrons. The van der Waals surface area contributed by atoms with Crippen molar-refractivity contribution < 1.29 is 18.3 Å². The highest BCUT2D eigenvalue weighted by Crippen LogP contribution is 2.30. The molecule has 0 saturated heterocycles. The summed E-state index contributed by atoms with van der Waals surface area (Å²) in [5, 5.41) is 3.71. The minimum Gasteiger partial charge on any atom is -0.488 e. The molecule has 0 aliphatic heterocycles. The Morgan fingerprint density at radius 1 is 1.12 bits per heavy atom. The van der Waals surface area contributed by atoms with Gasteiger partial charge in [-0.1, -0.05) is 35.9 Å². The number of aromatic nitrogens is 1. The van der Waals surface area contributed by atoms with Gasteiger partial charge in [0.25, 0.3) is 5.91 Å². The van der Waals surface area contributed by atoms with E-state index >= 15 is 0 Å². The molecule has 0 saturated carbocycles. The van der Waals surface area contributed by atoms with Gasteiger partial charge in [-0.15, -0.1) is 0 Å². The van der Waals surface area contributed by atoms with Crippen molar-refractivity contribution >= 4 is 16.8 Å². The number of furan rings is 1. The molecule has 2 aromatic carbocycles. The number of fused-ring (bicyclic) bond motifs is 1. The summed E-state index contributed by atoms with van der Waals surface area (Å²) in [7, 11) is 0. The third-order valence-corrected chi connectivity index (χ3v) is 5.16. The molecule has 1 amide bonds. The fraction of sp³-hybridized carbons (Fsp3) is 0.192. The highest BCUT2D eigenvalue weighted by atomic mass is 19.1. The van der Waals surface area contributed by atoms with Crippen LogP contribution in [0, 0.1) is 5.82 Å². The summed E-state index contributed by atoms with van der Waals surface area (Å²) >= 11 is 0. The Morgan fingerprint density at radius 3 is 2.72 bits per heavy atom. The highest BCUT2D eigenvalue weighted by molar-refractivity contribution is 6.00. The number of hydrogen-bond donors (Lipinski definition) is 1. The van der Waals surface area contributed by atoms with Crippen molar-refractivity contribution in [2.24, 2.45) is 0 Å². The number of hydrogen-bond acceptors (Lipinski definition) is 3. The van der Waals surface area contributed by atoms with Gasteiger partial charge < -0.3 is 19.0 Å². The Labute approximate surface area is 186 Å². The van der Waals surface area contributed by atoms with E-state index in [0.717, 1.165) is 16.5 Å². The predicted octanol–water partition coefficient (Wildman–Crippen LogP) is 5.85. The SMILES string of the molecule is CC(C)=CCn1c(C(=O)NCc2ccco2)cc2c(OCc3ccccc3F)cccc21. The maximum Gasteiger partial charge on any atom is 0.268 e. The number of benzene rings is 2. The van der Waals surface area contributed by atoms with Gasteiger partial charge in [-0.25, -0.2) is 4.39 Å². The first kappa shape index (κ1) is 21.4. The van der Waals surface area contributed by atoms with Crippen molar-refractivity contribution in [2.75, 3.05) is 0 Å². The molecule has 0 spiro atoms. The van der Waals surface area contributed by atoms with Crippen LogP contribution in [0.5, 0.6) is 5.75 Å². The summed E-state index contributed by atoms with van der Waals surface area (Å²) in [6, 6.07) is 17.6. The average molecular weight is 432 g/mol. The van der Waals surface area contributed by atoms with E-state index in [0.29, 0.717) is 35.9 Å². The van der Waals surface area contributed by atoms with E-state index < -0.39 is 0 Å². The molecule has 0 unspecified atom stereocenters. The van der Waals surface area contributed by atoms with E-state index in [-0.39, 0.29) is 18.3 Å². The molecule has 0 bridgehead atoms. The van der Waals surface area contributed by atoms with Gasteiger partial charge in [-0.05, 0) is 50.2 Å². The van der Waals surface area contributed by atoms with Crippen molar-refractivity contribution in [1.82, 2.24) is 9.88 Å². The molecular formula is C26H25FN2O3. The molecule has 32 heavy (non-hydrogen) atoms. The zero-order chi connectivity index (χ0) is 22.5. The third kappa shape index (κ3) is 4.75.